The molecule has 0 aliphatic rings. The van der Waals surface area contributed by atoms with Gasteiger partial charge in [0.05, 0.1) is 0 Å². The van der Waals surface area contributed by atoms with Gasteiger partial charge in [0.2, 0.25) is 0 Å². The highest BCUT2D eigenvalue weighted by molar-refractivity contribution is 7.80. The zero-order chi connectivity index (χ0) is 12.1. The van der Waals surface area contributed by atoms with Crippen molar-refractivity contribution in [3.63, 3.8) is 0 Å². The van der Waals surface area contributed by atoms with Gasteiger partial charge < -0.3 is 0 Å². The van der Waals surface area contributed by atoms with Crippen molar-refractivity contribution in [1.29, 1.82) is 0 Å². The minimum atomic E-state index is -4.57. The van der Waals surface area contributed by atoms with Crippen LogP contribution in [0.15, 0.2) is 5.03 Å². The van der Waals surface area contributed by atoms with Gasteiger partial charge >= 0.3 is 6.18 Å². The third-order valence-electron chi connectivity index (χ3n) is 2.19. The van der Waals surface area contributed by atoms with E-state index in [-0.39, 0.29) is 5.78 Å². The summed E-state index contributed by atoms with van der Waals surface area (Å²) in [5, 5.41) is 3.64. The van der Waals surface area contributed by atoms with Gasteiger partial charge in [0.1, 0.15) is 5.03 Å². The van der Waals surface area contributed by atoms with Crippen molar-refractivity contribution in [2.75, 3.05) is 0 Å². The molecule has 0 aliphatic heterocycles. The molecule has 86 valence electrons. The number of alkyl halides is 3. The average Bonchev–Trinajstić information content (AvgIpc) is 2.57. The van der Waals surface area contributed by atoms with Gasteiger partial charge in [-0.1, -0.05) is 0 Å². The molecule has 0 aromatic carbocycles. The van der Waals surface area contributed by atoms with E-state index in [0.717, 1.165) is 4.52 Å². The molecule has 2 aromatic rings. The fraction of sp³-hybridized carbons (Fsp3) is 0.375. The molecule has 2 rings (SSSR count). The fourth-order valence-electron chi connectivity index (χ4n) is 1.19. The molecule has 8 heteroatoms. The summed E-state index contributed by atoms with van der Waals surface area (Å²) in [4.78, 5) is 7.22. The first-order valence-corrected chi connectivity index (χ1v) is 4.75. The van der Waals surface area contributed by atoms with Gasteiger partial charge in [0.15, 0.2) is 0 Å². The third-order valence-corrected chi connectivity index (χ3v) is 2.71. The number of aromatic nitrogens is 4. The monoisotopic (exact) mass is 248 g/mol. The Morgan fingerprint density at radius 3 is 2.38 bits per heavy atom. The van der Waals surface area contributed by atoms with Crippen molar-refractivity contribution in [1.82, 2.24) is 19.6 Å². The maximum Gasteiger partial charge on any atom is 0.453 e. The molecule has 2 heterocycles. The zero-order valence-electron chi connectivity index (χ0n) is 8.37. The Morgan fingerprint density at radius 1 is 1.19 bits per heavy atom. The van der Waals surface area contributed by atoms with Gasteiger partial charge in [-0.15, -0.1) is 17.7 Å². The number of rotatable bonds is 0. The predicted octanol–water partition coefficient (Wildman–Crippen LogP) is 2.05. The first-order chi connectivity index (χ1) is 7.30. The SMILES string of the molecule is Cc1nc2nc(C(F)(F)F)nn2c(S)c1C. The van der Waals surface area contributed by atoms with E-state index in [0.29, 0.717) is 16.3 Å². The summed E-state index contributed by atoms with van der Waals surface area (Å²) in [7, 11) is 0. The summed E-state index contributed by atoms with van der Waals surface area (Å²) in [6.07, 6.45) is -4.57. The lowest BCUT2D eigenvalue weighted by Gasteiger charge is -2.03. The summed E-state index contributed by atoms with van der Waals surface area (Å²) in [5.74, 6) is -1.30. The van der Waals surface area contributed by atoms with E-state index in [1.165, 1.54) is 0 Å². The first-order valence-electron chi connectivity index (χ1n) is 4.31. The molecule has 0 aliphatic carbocycles. The Balaban J connectivity index is 2.77. The van der Waals surface area contributed by atoms with Crippen molar-refractivity contribution >= 4 is 18.4 Å². The Kier molecular flexibility index (Phi) is 2.33. The fourth-order valence-corrected chi connectivity index (χ4v) is 1.49. The molecule has 0 bridgehead atoms. The first kappa shape index (κ1) is 11.2. The van der Waals surface area contributed by atoms with E-state index in [2.05, 4.69) is 27.7 Å². The summed E-state index contributed by atoms with van der Waals surface area (Å²) in [6.45, 7) is 3.38. The molecule has 0 N–H and O–H groups in total. The van der Waals surface area contributed by atoms with Crippen molar-refractivity contribution in [3.05, 3.63) is 17.1 Å². The molecule has 4 nitrogen and oxygen atoms in total. The van der Waals surface area contributed by atoms with Gasteiger partial charge in [0.25, 0.3) is 11.6 Å². The van der Waals surface area contributed by atoms with Gasteiger partial charge in [-0.2, -0.15) is 22.7 Å². The molecule has 0 unspecified atom stereocenters. The van der Waals surface area contributed by atoms with Gasteiger partial charge in [-0.25, -0.2) is 4.98 Å². The summed E-state index contributed by atoms with van der Waals surface area (Å²) in [6, 6.07) is 0. The van der Waals surface area contributed by atoms with Crippen LogP contribution in [0.2, 0.25) is 0 Å². The van der Waals surface area contributed by atoms with Gasteiger partial charge in [-0.3, -0.25) is 0 Å². The average molecular weight is 248 g/mol. The molecular formula is C8H7F3N4S. The van der Waals surface area contributed by atoms with E-state index < -0.39 is 12.0 Å². The maximum atomic E-state index is 12.4. The van der Waals surface area contributed by atoms with Crippen LogP contribution >= 0.6 is 12.6 Å². The Bertz CT molecular complexity index is 560. The smallest absolute Gasteiger partial charge is 0.216 e. The molecule has 0 radical (unpaired) electrons. The minimum absolute atomic E-state index is 0.0968. The molecule has 0 amide bonds. The van der Waals surface area contributed by atoms with Crippen LogP contribution in [0.5, 0.6) is 0 Å². The van der Waals surface area contributed by atoms with E-state index in [1.54, 1.807) is 13.8 Å². The highest BCUT2D eigenvalue weighted by atomic mass is 32.1. The summed E-state index contributed by atoms with van der Waals surface area (Å²) < 4.78 is 38.1. The molecule has 0 spiro atoms. The van der Waals surface area contributed by atoms with Crippen LogP contribution < -0.4 is 0 Å². The normalized spacial score (nSPS) is 12.4. The lowest BCUT2D eigenvalue weighted by Crippen LogP contribution is -2.07. The molecule has 0 saturated heterocycles. The second-order valence-corrected chi connectivity index (χ2v) is 3.71. The molecule has 16 heavy (non-hydrogen) atoms. The highest BCUT2D eigenvalue weighted by Crippen LogP contribution is 2.27. The van der Waals surface area contributed by atoms with Crippen LogP contribution in [-0.4, -0.2) is 19.6 Å². The quantitative estimate of drug-likeness (QED) is 0.573. The van der Waals surface area contributed by atoms with Crippen molar-refractivity contribution < 1.29 is 13.2 Å². The van der Waals surface area contributed by atoms with Crippen LogP contribution in [0.4, 0.5) is 13.2 Å². The third kappa shape index (κ3) is 1.62. The molecule has 0 atom stereocenters. The van der Waals surface area contributed by atoms with Crippen molar-refractivity contribution in [2.45, 2.75) is 25.0 Å². The molecular weight excluding hydrogens is 241 g/mol. The topological polar surface area (TPSA) is 43.1 Å². The summed E-state index contributed by atoms with van der Waals surface area (Å²) in [5.41, 5.74) is 1.26. The number of fused-ring (bicyclic) bond motifs is 1. The molecule has 0 fully saturated rings. The second kappa shape index (κ2) is 3.34. The lowest BCUT2D eigenvalue weighted by molar-refractivity contribution is -0.144. The van der Waals surface area contributed by atoms with Gasteiger partial charge in [0, 0.05) is 11.3 Å². The number of nitrogens with zero attached hydrogens (tertiary/aromatic N) is 4. The number of thiol groups is 1. The van der Waals surface area contributed by atoms with E-state index in [1.807, 2.05) is 0 Å². The minimum Gasteiger partial charge on any atom is -0.216 e. The molecule has 0 saturated carbocycles. The van der Waals surface area contributed by atoms with Crippen LogP contribution in [0.3, 0.4) is 0 Å². The van der Waals surface area contributed by atoms with Crippen LogP contribution in [0.25, 0.3) is 5.78 Å². The Hall–Kier alpha value is -1.31. The van der Waals surface area contributed by atoms with Crippen molar-refractivity contribution in [3.8, 4) is 0 Å². The zero-order valence-corrected chi connectivity index (χ0v) is 9.26. The number of hydrogen-bond acceptors (Lipinski definition) is 4. The standard InChI is InChI=1S/C8H7F3N4S/c1-3-4(2)12-7-13-6(8(9,10)11)14-15(7)5(3)16/h16H,1-2H3. The number of halogens is 3. The van der Waals surface area contributed by atoms with Crippen LogP contribution in [-0.2, 0) is 6.18 Å². The Labute approximate surface area is 93.9 Å². The number of hydrogen-bond donors (Lipinski definition) is 1. The van der Waals surface area contributed by atoms with E-state index >= 15 is 0 Å². The number of aryl methyl sites for hydroxylation is 1. The maximum absolute atomic E-state index is 12.4. The largest absolute Gasteiger partial charge is 0.453 e. The van der Waals surface area contributed by atoms with Gasteiger partial charge in [-0.05, 0) is 13.8 Å². The van der Waals surface area contributed by atoms with Crippen LogP contribution in [0.1, 0.15) is 17.1 Å². The van der Waals surface area contributed by atoms with Crippen molar-refractivity contribution in [2.24, 2.45) is 0 Å². The van der Waals surface area contributed by atoms with E-state index in [9.17, 15) is 13.2 Å². The predicted molar refractivity (Wildman–Crippen MR) is 52.5 cm³/mol. The Morgan fingerprint density at radius 2 is 1.81 bits per heavy atom. The second-order valence-electron chi connectivity index (χ2n) is 3.29. The highest BCUT2D eigenvalue weighted by Gasteiger charge is 2.36. The van der Waals surface area contributed by atoms with Crippen LogP contribution in [0, 0.1) is 13.8 Å². The molecule has 2 aromatic heterocycles. The summed E-state index contributed by atoms with van der Waals surface area (Å²) >= 11 is 4.10. The van der Waals surface area contributed by atoms with E-state index in [4.69, 9.17) is 0 Å². The lowest BCUT2D eigenvalue weighted by atomic mass is 10.3.